The second-order valence-electron chi connectivity index (χ2n) is 11.8. The van der Waals surface area contributed by atoms with Gasteiger partial charge in [-0.2, -0.15) is 0 Å². The van der Waals surface area contributed by atoms with Crippen molar-refractivity contribution in [2.45, 2.75) is 63.6 Å². The molecule has 0 heterocycles. The third kappa shape index (κ3) is 5.82. The number of hydrogen-bond acceptors (Lipinski definition) is 8. The number of halogens is 1. The summed E-state index contributed by atoms with van der Waals surface area (Å²) in [6, 6.07) is 13.2. The van der Waals surface area contributed by atoms with Crippen molar-refractivity contribution < 1.29 is 41.2 Å². The van der Waals surface area contributed by atoms with E-state index in [0.717, 1.165) is 12.0 Å². The summed E-state index contributed by atoms with van der Waals surface area (Å²) in [5.74, 6) is -2.30. The molecule has 2 unspecified atom stereocenters. The van der Waals surface area contributed by atoms with Gasteiger partial charge in [0.2, 0.25) is 0 Å². The Balaban J connectivity index is 1.32. The van der Waals surface area contributed by atoms with Crippen molar-refractivity contribution in [3.63, 3.8) is 0 Å². The van der Waals surface area contributed by atoms with Crippen LogP contribution in [0.1, 0.15) is 68.3 Å². The highest BCUT2D eigenvalue weighted by molar-refractivity contribution is 7.85. The number of carbonyl (C=O) groups is 2. The summed E-state index contributed by atoms with van der Waals surface area (Å²) in [6.45, 7) is 3.13. The number of benzene rings is 2. The van der Waals surface area contributed by atoms with Gasteiger partial charge >= 0.3 is 11.9 Å². The highest BCUT2D eigenvalue weighted by Crippen LogP contribution is 2.63. The normalized spacial score (nSPS) is 27.7. The fourth-order valence-electron chi connectivity index (χ4n) is 7.06. The Morgan fingerprint density at radius 2 is 1.72 bits per heavy atom. The average molecular weight is 560 g/mol. The Labute approximate surface area is 227 Å². The molecule has 0 amide bonds. The van der Waals surface area contributed by atoms with Crippen LogP contribution in [0.15, 0.2) is 48.5 Å². The summed E-state index contributed by atoms with van der Waals surface area (Å²) in [7, 11) is -4.50. The molecule has 2 atom stereocenters. The first-order chi connectivity index (χ1) is 18.3. The SMILES string of the molecule is CC(C)(Oc1cc(C(=O)OC23CC4CC(C2)CC(C(=O)OCCS(=O)(=O)[O-])(C4)C3)ccc1F)c1ccccc1. The van der Waals surface area contributed by atoms with Gasteiger partial charge in [0.25, 0.3) is 0 Å². The van der Waals surface area contributed by atoms with E-state index in [-0.39, 0.29) is 29.6 Å². The topological polar surface area (TPSA) is 119 Å². The van der Waals surface area contributed by atoms with Crippen LogP contribution >= 0.6 is 0 Å². The number of rotatable bonds is 9. The lowest BCUT2D eigenvalue weighted by Gasteiger charge is -2.59. The van der Waals surface area contributed by atoms with Gasteiger partial charge in [0, 0.05) is 6.42 Å². The van der Waals surface area contributed by atoms with Gasteiger partial charge in [-0.25, -0.2) is 17.6 Å². The molecule has 0 radical (unpaired) electrons. The minimum absolute atomic E-state index is 0.0720. The zero-order valence-corrected chi connectivity index (χ0v) is 22.8. The number of hydrogen-bond donors (Lipinski definition) is 0. The number of ether oxygens (including phenoxy) is 3. The lowest BCUT2D eigenvalue weighted by Crippen LogP contribution is -2.60. The van der Waals surface area contributed by atoms with E-state index < -0.39 is 56.9 Å². The summed E-state index contributed by atoms with van der Waals surface area (Å²) in [4.78, 5) is 26.5. The Morgan fingerprint density at radius 3 is 2.36 bits per heavy atom. The van der Waals surface area contributed by atoms with E-state index in [1.807, 2.05) is 44.2 Å². The van der Waals surface area contributed by atoms with Crippen LogP contribution in [-0.2, 0) is 30.0 Å². The van der Waals surface area contributed by atoms with E-state index in [9.17, 15) is 27.0 Å². The van der Waals surface area contributed by atoms with E-state index in [1.54, 1.807) is 0 Å². The van der Waals surface area contributed by atoms with Crippen LogP contribution in [0.2, 0.25) is 0 Å². The molecular weight excluding hydrogens is 527 g/mol. The summed E-state index contributed by atoms with van der Waals surface area (Å²) in [5.41, 5.74) is -1.63. The third-order valence-electron chi connectivity index (χ3n) is 8.32. The molecule has 0 aromatic heterocycles. The second kappa shape index (κ2) is 9.89. The number of carbonyl (C=O) groups excluding carboxylic acids is 2. The van der Waals surface area contributed by atoms with E-state index in [4.69, 9.17) is 14.2 Å². The zero-order chi connectivity index (χ0) is 28.1. The fraction of sp³-hybridized carbons (Fsp3) is 0.517. The molecule has 10 heteroatoms. The predicted molar refractivity (Wildman–Crippen MR) is 137 cm³/mol. The Hall–Kier alpha value is -2.98. The minimum atomic E-state index is -4.50. The van der Waals surface area contributed by atoms with E-state index in [0.29, 0.717) is 25.7 Å². The van der Waals surface area contributed by atoms with Crippen molar-refractivity contribution in [3.05, 3.63) is 65.5 Å². The van der Waals surface area contributed by atoms with Gasteiger partial charge in [0.05, 0.1) is 26.8 Å². The van der Waals surface area contributed by atoms with Crippen LogP contribution < -0.4 is 4.74 Å². The molecule has 0 spiro atoms. The van der Waals surface area contributed by atoms with Crippen LogP contribution in [0.5, 0.6) is 5.75 Å². The Kier molecular flexibility index (Phi) is 6.99. The molecule has 8 nitrogen and oxygen atoms in total. The monoisotopic (exact) mass is 559 g/mol. The maximum absolute atomic E-state index is 14.7. The first-order valence-corrected chi connectivity index (χ1v) is 14.7. The van der Waals surface area contributed by atoms with Crippen molar-refractivity contribution in [3.8, 4) is 5.75 Å². The molecule has 4 bridgehead atoms. The van der Waals surface area contributed by atoms with Gasteiger partial charge in [0.15, 0.2) is 11.6 Å². The van der Waals surface area contributed by atoms with Crippen LogP contribution in [0.3, 0.4) is 0 Å². The van der Waals surface area contributed by atoms with Crippen molar-refractivity contribution in [2.75, 3.05) is 12.4 Å². The smallest absolute Gasteiger partial charge is 0.338 e. The lowest BCUT2D eigenvalue weighted by atomic mass is 9.48. The van der Waals surface area contributed by atoms with Gasteiger partial charge in [-0.05, 0) is 81.5 Å². The van der Waals surface area contributed by atoms with E-state index in [2.05, 4.69) is 0 Å². The molecule has 39 heavy (non-hydrogen) atoms. The molecule has 6 rings (SSSR count). The van der Waals surface area contributed by atoms with E-state index >= 15 is 0 Å². The summed E-state index contributed by atoms with van der Waals surface area (Å²) >= 11 is 0. The zero-order valence-electron chi connectivity index (χ0n) is 22.0. The minimum Gasteiger partial charge on any atom is -0.748 e. The van der Waals surface area contributed by atoms with Crippen molar-refractivity contribution in [1.82, 2.24) is 0 Å². The maximum Gasteiger partial charge on any atom is 0.338 e. The van der Waals surface area contributed by atoms with Crippen LogP contribution in [0.4, 0.5) is 4.39 Å². The molecule has 4 aliphatic rings. The molecule has 4 fully saturated rings. The largest absolute Gasteiger partial charge is 0.748 e. The van der Waals surface area contributed by atoms with Crippen molar-refractivity contribution in [2.24, 2.45) is 17.3 Å². The molecule has 0 N–H and O–H groups in total. The second-order valence-corrected chi connectivity index (χ2v) is 13.4. The Bertz CT molecular complexity index is 1360. The molecule has 0 saturated heterocycles. The molecular formula is C29H32FO8S-. The van der Waals surface area contributed by atoms with Crippen LogP contribution in [0, 0.1) is 23.1 Å². The maximum atomic E-state index is 14.7. The Morgan fingerprint density at radius 1 is 1.05 bits per heavy atom. The molecule has 0 aliphatic heterocycles. The first kappa shape index (κ1) is 27.6. The number of esters is 2. The average Bonchev–Trinajstić information content (AvgIpc) is 2.84. The van der Waals surface area contributed by atoms with Gasteiger partial charge in [-0.15, -0.1) is 0 Å². The third-order valence-corrected chi connectivity index (χ3v) is 8.98. The highest BCUT2D eigenvalue weighted by atomic mass is 32.2. The standard InChI is InChI=1S/C29H33FO8S/c1-27(2,22-6-4-3-5-7-22)37-24-13-21(8-9-23(24)30)25(31)38-29-16-19-12-20(17-29)15-28(14-19,18-29)26(32)36-10-11-39(33,34)35/h3-9,13,19-20H,10-12,14-18H2,1-2H3,(H,33,34,35)/p-1. The molecule has 4 saturated carbocycles. The van der Waals surface area contributed by atoms with E-state index in [1.165, 1.54) is 18.2 Å². The predicted octanol–water partition coefficient (Wildman–Crippen LogP) is 4.72. The molecule has 2 aromatic carbocycles. The lowest BCUT2D eigenvalue weighted by molar-refractivity contribution is -0.196. The van der Waals surface area contributed by atoms with Crippen LogP contribution in [0.25, 0.3) is 0 Å². The van der Waals surface area contributed by atoms with Crippen LogP contribution in [-0.4, -0.2) is 42.9 Å². The summed E-state index contributed by atoms with van der Waals surface area (Å²) < 4.78 is 64.8. The quantitative estimate of drug-likeness (QED) is 0.320. The van der Waals surface area contributed by atoms with Crippen molar-refractivity contribution in [1.29, 1.82) is 0 Å². The fourth-order valence-corrected chi connectivity index (χ4v) is 7.35. The summed E-state index contributed by atoms with van der Waals surface area (Å²) in [6.07, 6.45) is 3.58. The van der Waals surface area contributed by atoms with Gasteiger partial charge < -0.3 is 18.8 Å². The molecule has 4 aliphatic carbocycles. The van der Waals surface area contributed by atoms with Crippen molar-refractivity contribution >= 4 is 22.1 Å². The molecule has 2 aromatic rings. The highest BCUT2D eigenvalue weighted by Gasteiger charge is 2.63. The summed E-state index contributed by atoms with van der Waals surface area (Å²) in [5, 5.41) is 0. The first-order valence-electron chi connectivity index (χ1n) is 13.2. The van der Waals surface area contributed by atoms with Gasteiger partial charge in [0.1, 0.15) is 17.8 Å². The van der Waals surface area contributed by atoms with Gasteiger partial charge in [-0.3, -0.25) is 4.79 Å². The molecule has 210 valence electrons. The van der Waals surface area contributed by atoms with Gasteiger partial charge in [-0.1, -0.05) is 30.3 Å².